The number of likely N-dealkylation sites (tertiary alicyclic amines) is 1. The van der Waals surface area contributed by atoms with Gasteiger partial charge in [-0.3, -0.25) is 4.79 Å². The van der Waals surface area contributed by atoms with Crippen LogP contribution in [0.1, 0.15) is 29.5 Å². The molecule has 11 nitrogen and oxygen atoms in total. The summed E-state index contributed by atoms with van der Waals surface area (Å²) in [6, 6.07) is 10.4. The number of nitrogens with one attached hydrogen (secondary N) is 1. The van der Waals surface area contributed by atoms with Crippen LogP contribution in [0.4, 0.5) is 21.2 Å². The maximum absolute atomic E-state index is 13.5. The quantitative estimate of drug-likeness (QED) is 0.329. The number of hydrogen-bond donors (Lipinski definition) is 2. The zero-order valence-corrected chi connectivity index (χ0v) is 25.0. The Morgan fingerprint density at radius 2 is 2.02 bits per heavy atom. The van der Waals surface area contributed by atoms with Crippen molar-refractivity contribution in [3.8, 4) is 17.3 Å². The molecule has 3 aliphatic heterocycles. The average molecular weight is 602 g/mol. The van der Waals surface area contributed by atoms with Crippen molar-refractivity contribution in [3.63, 3.8) is 0 Å². The number of β-amino-alcohol motifs (C(OH)–C–C–N with tert-alkyl or cyclic N) is 1. The van der Waals surface area contributed by atoms with E-state index >= 15 is 0 Å². The first-order chi connectivity index (χ1) is 20.7. The van der Waals surface area contributed by atoms with E-state index in [0.717, 1.165) is 48.2 Å². The number of aliphatic hydroxyl groups excluding tert-OH is 1. The van der Waals surface area contributed by atoms with Crippen molar-refractivity contribution < 1.29 is 14.3 Å². The van der Waals surface area contributed by atoms with E-state index in [2.05, 4.69) is 22.4 Å². The number of thiazole rings is 1. The Labute approximate surface area is 252 Å². The van der Waals surface area contributed by atoms with Crippen LogP contribution in [0, 0.1) is 29.5 Å². The van der Waals surface area contributed by atoms with E-state index in [1.165, 1.54) is 23.5 Å². The number of imidazole rings is 1. The molecule has 3 aromatic heterocycles. The highest BCUT2D eigenvalue weighted by atomic mass is 32.1. The summed E-state index contributed by atoms with van der Waals surface area (Å²) in [5.41, 5.74) is 3.87. The van der Waals surface area contributed by atoms with Crippen LogP contribution in [0.5, 0.6) is 0 Å². The second-order valence-electron chi connectivity index (χ2n) is 11.8. The van der Waals surface area contributed by atoms with E-state index < -0.39 is 6.10 Å². The van der Waals surface area contributed by atoms with Gasteiger partial charge in [-0.1, -0.05) is 18.3 Å². The number of anilines is 3. The van der Waals surface area contributed by atoms with Gasteiger partial charge in [0.25, 0.3) is 0 Å². The summed E-state index contributed by atoms with van der Waals surface area (Å²) in [6.07, 6.45) is 0.735. The Bertz CT molecular complexity index is 1770. The second kappa shape index (κ2) is 10.3. The van der Waals surface area contributed by atoms with Crippen LogP contribution in [0.3, 0.4) is 0 Å². The topological polar surface area (TPSA) is 126 Å². The number of carbonyl (C=O) groups excluding carboxylic acids is 1. The number of fused-ring (bicyclic) bond motifs is 1. The summed E-state index contributed by atoms with van der Waals surface area (Å²) in [6.45, 7) is 7.42. The third-order valence-electron chi connectivity index (χ3n) is 8.94. The Hall–Kier alpha value is -4.12. The zero-order chi connectivity index (χ0) is 30.0. The Kier molecular flexibility index (Phi) is 6.61. The number of carbonyl (C=O) groups is 1. The maximum Gasteiger partial charge on any atom is 0.224 e. The van der Waals surface area contributed by atoms with Crippen LogP contribution in [0.25, 0.3) is 16.9 Å². The first-order valence-electron chi connectivity index (χ1n) is 14.4. The summed E-state index contributed by atoms with van der Waals surface area (Å²) in [5.74, 6) is 1.38. The van der Waals surface area contributed by atoms with Gasteiger partial charge < -0.3 is 25.1 Å². The van der Waals surface area contributed by atoms with Crippen molar-refractivity contribution in [2.24, 2.45) is 5.41 Å². The van der Waals surface area contributed by atoms with Crippen LogP contribution in [0.2, 0.25) is 0 Å². The Balaban J connectivity index is 1.16. The molecule has 0 saturated carbocycles. The molecule has 1 unspecified atom stereocenters. The number of rotatable bonds is 7. The zero-order valence-electron chi connectivity index (χ0n) is 24.2. The molecule has 0 aliphatic carbocycles. The van der Waals surface area contributed by atoms with Gasteiger partial charge in [-0.25, -0.2) is 14.4 Å². The monoisotopic (exact) mass is 601 g/mol. The van der Waals surface area contributed by atoms with E-state index in [0.29, 0.717) is 47.2 Å². The number of nitriles is 1. The number of hydrogen-bond acceptors (Lipinski definition) is 10. The molecule has 222 valence electrons. The minimum atomic E-state index is -0.392. The summed E-state index contributed by atoms with van der Waals surface area (Å²) in [5, 5.41) is 28.5. The molecule has 1 atom stereocenters. The van der Waals surface area contributed by atoms with Gasteiger partial charge in [0.2, 0.25) is 5.91 Å². The van der Waals surface area contributed by atoms with Crippen LogP contribution in [-0.4, -0.2) is 87.4 Å². The lowest BCUT2D eigenvalue weighted by atomic mass is 9.66. The van der Waals surface area contributed by atoms with E-state index in [9.17, 15) is 19.6 Å². The van der Waals surface area contributed by atoms with Crippen LogP contribution in [-0.2, 0) is 11.2 Å². The van der Waals surface area contributed by atoms with Crippen molar-refractivity contribution in [2.45, 2.75) is 38.8 Å². The lowest BCUT2D eigenvalue weighted by molar-refractivity contribution is -0.144. The molecular weight excluding hydrogens is 569 g/mol. The normalized spacial score (nSPS) is 19.2. The number of halogens is 1. The van der Waals surface area contributed by atoms with Crippen LogP contribution in [0.15, 0.2) is 30.3 Å². The van der Waals surface area contributed by atoms with Crippen molar-refractivity contribution in [2.75, 3.05) is 49.6 Å². The minimum Gasteiger partial charge on any atom is -0.389 e. The highest BCUT2D eigenvalue weighted by molar-refractivity contribution is 7.16. The van der Waals surface area contributed by atoms with Crippen molar-refractivity contribution in [1.82, 2.24) is 29.8 Å². The smallest absolute Gasteiger partial charge is 0.224 e. The minimum absolute atomic E-state index is 0.0398. The van der Waals surface area contributed by atoms with E-state index in [1.54, 1.807) is 17.0 Å². The van der Waals surface area contributed by atoms with Gasteiger partial charge >= 0.3 is 0 Å². The van der Waals surface area contributed by atoms with Gasteiger partial charge in [0.15, 0.2) is 16.6 Å². The molecule has 0 radical (unpaired) electrons. The predicted molar refractivity (Wildman–Crippen MR) is 161 cm³/mol. The van der Waals surface area contributed by atoms with E-state index in [1.807, 2.05) is 30.3 Å². The lowest BCUT2D eigenvalue weighted by Crippen LogP contribution is -2.77. The number of benzene rings is 1. The van der Waals surface area contributed by atoms with Crippen LogP contribution >= 0.6 is 11.3 Å². The first-order valence-corrected chi connectivity index (χ1v) is 15.3. The number of aromatic nitrogens is 4. The number of aliphatic hydroxyl groups is 1. The van der Waals surface area contributed by atoms with Gasteiger partial charge in [-0.2, -0.15) is 9.78 Å². The van der Waals surface area contributed by atoms with E-state index in [-0.39, 0.29) is 23.2 Å². The summed E-state index contributed by atoms with van der Waals surface area (Å²) in [4.78, 5) is 28.7. The molecule has 13 heteroatoms. The molecule has 1 aromatic carbocycles. The standard InChI is InChI=1S/C30H32FN9O2S/c1-4-21-28(37(3)29-35-26(22(11-32)43-29)18-5-7-19(31)8-6-18)40-27(34-21)17(2)9-24(36-40)39-15-30(16-39)14-33-23(30)10-25(42)38-12-20(41)13-38/h5-9,20,23,33,41H,4,10,12-16H2,1-3H3. The molecule has 1 spiro atoms. The van der Waals surface area contributed by atoms with Crippen LogP contribution < -0.4 is 15.1 Å². The third-order valence-corrected chi connectivity index (χ3v) is 9.98. The highest BCUT2D eigenvalue weighted by Gasteiger charge is 2.56. The van der Waals surface area contributed by atoms with Gasteiger partial charge in [0.05, 0.1) is 11.8 Å². The fourth-order valence-corrected chi connectivity index (χ4v) is 7.18. The van der Waals surface area contributed by atoms with Gasteiger partial charge in [-0.05, 0) is 49.2 Å². The summed E-state index contributed by atoms with van der Waals surface area (Å²) >= 11 is 1.27. The predicted octanol–water partition coefficient (Wildman–Crippen LogP) is 2.87. The molecule has 7 rings (SSSR count). The largest absolute Gasteiger partial charge is 0.389 e. The number of amides is 1. The van der Waals surface area contributed by atoms with Gasteiger partial charge in [0.1, 0.15) is 28.3 Å². The fraction of sp³-hybridized carbons (Fsp3) is 0.433. The Morgan fingerprint density at radius 1 is 1.28 bits per heavy atom. The van der Waals surface area contributed by atoms with Crippen molar-refractivity contribution in [1.29, 1.82) is 5.26 Å². The highest BCUT2D eigenvalue weighted by Crippen LogP contribution is 2.44. The van der Waals surface area contributed by atoms with Gasteiger partial charge in [-0.15, -0.1) is 5.10 Å². The summed E-state index contributed by atoms with van der Waals surface area (Å²) in [7, 11) is 1.90. The molecule has 6 heterocycles. The number of nitrogens with zero attached hydrogens (tertiary/aromatic N) is 8. The van der Waals surface area contributed by atoms with Crippen molar-refractivity contribution >= 4 is 39.7 Å². The van der Waals surface area contributed by atoms with Gasteiger partial charge in [0, 0.05) is 63.2 Å². The SMILES string of the molecule is CCc1nc2c(C)cc(N3CC4(CNC4CC(=O)N4CC(O)C4)C3)nn2c1N(C)c1nc(-c2ccc(F)cc2)c(C#N)s1. The molecule has 1 amide bonds. The van der Waals surface area contributed by atoms with E-state index in [4.69, 9.17) is 15.1 Å². The summed E-state index contributed by atoms with van der Waals surface area (Å²) < 4.78 is 15.4. The Morgan fingerprint density at radius 3 is 2.65 bits per heavy atom. The molecule has 4 aromatic rings. The molecule has 3 aliphatic rings. The molecule has 3 fully saturated rings. The molecule has 2 N–H and O–H groups in total. The maximum atomic E-state index is 13.5. The second-order valence-corrected chi connectivity index (χ2v) is 12.8. The molecule has 43 heavy (non-hydrogen) atoms. The lowest BCUT2D eigenvalue weighted by Gasteiger charge is -2.61. The number of aryl methyl sites for hydroxylation is 2. The molecule has 3 saturated heterocycles. The fourth-order valence-electron chi connectivity index (χ4n) is 6.33. The average Bonchev–Trinajstić information content (AvgIpc) is 3.55. The van der Waals surface area contributed by atoms with Crippen molar-refractivity contribution in [3.05, 3.63) is 52.3 Å². The molecular formula is C30H32FN9O2S. The molecule has 0 bridgehead atoms. The third kappa shape index (κ3) is 4.52. The first kappa shape index (κ1) is 27.7.